The number of ether oxygens (including phenoxy) is 1. The molecule has 2 aromatic rings. The van der Waals surface area contributed by atoms with Crippen LogP contribution in [0.25, 0.3) is 10.9 Å². The first-order valence-corrected chi connectivity index (χ1v) is 10.4. The first-order chi connectivity index (χ1) is 13.0. The van der Waals surface area contributed by atoms with E-state index in [9.17, 15) is 5.11 Å². The number of benzene rings is 1. The Bertz CT molecular complexity index is 770. The first-order valence-electron chi connectivity index (χ1n) is 10.4. The fourth-order valence-corrected chi connectivity index (χ4v) is 4.11. The third-order valence-electron chi connectivity index (χ3n) is 6.07. The van der Waals surface area contributed by atoms with Gasteiger partial charge < -0.3 is 19.6 Å². The Labute approximate surface area is 162 Å². The molecule has 3 rings (SSSR count). The van der Waals surface area contributed by atoms with Gasteiger partial charge in [-0.15, -0.1) is 0 Å². The van der Waals surface area contributed by atoms with Gasteiger partial charge in [-0.05, 0) is 18.6 Å². The van der Waals surface area contributed by atoms with Crippen molar-refractivity contribution in [1.29, 1.82) is 0 Å². The van der Waals surface area contributed by atoms with Crippen molar-refractivity contribution in [3.8, 4) is 11.5 Å². The molecule has 1 unspecified atom stereocenters. The summed E-state index contributed by atoms with van der Waals surface area (Å²) in [4.78, 5) is 6.60. The van der Waals surface area contributed by atoms with Crippen molar-refractivity contribution in [3.63, 3.8) is 0 Å². The number of nitrogens with one attached hydrogen (secondary N) is 3. The van der Waals surface area contributed by atoms with Gasteiger partial charge in [0, 0.05) is 25.8 Å². The van der Waals surface area contributed by atoms with Crippen LogP contribution in [0.15, 0.2) is 18.2 Å². The summed E-state index contributed by atoms with van der Waals surface area (Å²) in [6.07, 6.45) is 4.67. The van der Waals surface area contributed by atoms with E-state index in [1.165, 1.54) is 30.8 Å². The molecule has 27 heavy (non-hydrogen) atoms. The summed E-state index contributed by atoms with van der Waals surface area (Å²) in [6.45, 7) is 8.27. The van der Waals surface area contributed by atoms with Crippen LogP contribution in [0.3, 0.4) is 0 Å². The van der Waals surface area contributed by atoms with Gasteiger partial charge in [0.2, 0.25) is 5.52 Å². The number of likely N-dealkylation sites (tertiary alicyclic amines) is 1. The number of rotatable bonds is 7. The second-order valence-electron chi connectivity index (χ2n) is 8.24. The molecule has 0 saturated carbocycles. The molecule has 5 heteroatoms. The number of unbranched alkanes of at least 4 members (excludes halogenated alkanes) is 1. The van der Waals surface area contributed by atoms with E-state index in [2.05, 4.69) is 32.9 Å². The van der Waals surface area contributed by atoms with Crippen LogP contribution in [-0.4, -0.2) is 44.9 Å². The summed E-state index contributed by atoms with van der Waals surface area (Å²) in [5.74, 6) is 1.23. The lowest BCUT2D eigenvalue weighted by molar-refractivity contribution is -0.948. The Kier molecular flexibility index (Phi) is 6.55. The van der Waals surface area contributed by atoms with E-state index >= 15 is 0 Å². The van der Waals surface area contributed by atoms with Gasteiger partial charge in [-0.3, -0.25) is 0 Å². The number of aryl methyl sites for hydroxylation is 1. The van der Waals surface area contributed by atoms with E-state index in [1.54, 1.807) is 4.90 Å². The number of piperidine rings is 1. The monoisotopic (exact) mass is 374 g/mol. The molecule has 0 aliphatic carbocycles. The molecule has 2 heterocycles. The van der Waals surface area contributed by atoms with E-state index in [4.69, 9.17) is 4.74 Å². The Balaban J connectivity index is 1.81. The minimum Gasteiger partial charge on any atom is -0.506 e. The fourth-order valence-electron chi connectivity index (χ4n) is 4.11. The lowest BCUT2D eigenvalue weighted by Gasteiger charge is -2.30. The van der Waals surface area contributed by atoms with Gasteiger partial charge >= 0.3 is 0 Å². The third kappa shape index (κ3) is 4.71. The van der Waals surface area contributed by atoms with Crippen LogP contribution in [0.4, 0.5) is 0 Å². The molecule has 0 amide bonds. The summed E-state index contributed by atoms with van der Waals surface area (Å²) in [6, 6.07) is 6.62. The maximum absolute atomic E-state index is 11.0. The quantitative estimate of drug-likeness (QED) is 0.620. The summed E-state index contributed by atoms with van der Waals surface area (Å²) < 4.78 is 5.83. The second-order valence-corrected chi connectivity index (χ2v) is 8.24. The highest BCUT2D eigenvalue weighted by atomic mass is 16.5. The van der Waals surface area contributed by atoms with Crippen molar-refractivity contribution >= 4 is 10.9 Å². The van der Waals surface area contributed by atoms with Gasteiger partial charge in [-0.25, -0.2) is 4.98 Å². The molecule has 1 aliphatic heterocycles. The number of fused-ring (bicyclic) bond motifs is 1. The molecule has 1 atom stereocenters. The number of aromatic amines is 1. The average Bonchev–Trinajstić information content (AvgIpc) is 2.66. The number of aromatic hydroxyl groups is 1. The van der Waals surface area contributed by atoms with Gasteiger partial charge in [-0.1, -0.05) is 13.3 Å². The van der Waals surface area contributed by atoms with Crippen LogP contribution < -0.4 is 19.5 Å². The van der Waals surface area contributed by atoms with Crippen molar-refractivity contribution in [2.45, 2.75) is 52.1 Å². The number of H-pyrrole nitrogens is 1. The molecule has 5 nitrogen and oxygen atoms in total. The van der Waals surface area contributed by atoms with Gasteiger partial charge in [0.05, 0.1) is 45.2 Å². The second kappa shape index (κ2) is 8.89. The third-order valence-corrected chi connectivity index (χ3v) is 6.07. The molecular weight excluding hydrogens is 338 g/mol. The molecule has 148 valence electrons. The molecule has 0 bridgehead atoms. The Morgan fingerprint density at radius 1 is 1.30 bits per heavy atom. The highest BCUT2D eigenvalue weighted by molar-refractivity contribution is 5.84. The molecule has 0 radical (unpaired) electrons. The first kappa shape index (κ1) is 19.9. The standard InChI is InChI=1S/C22H33N3O2/c1-5-6-13-27-18-7-8-21-19(14-18)22(26)20(16(2)23-21)15-25(4)17-9-11-24(3)12-10-17/h7-8,14,17H,5-6,9-13,15H2,1-4H3,(H,23,26)/p+3. The highest BCUT2D eigenvalue weighted by Crippen LogP contribution is 2.30. The van der Waals surface area contributed by atoms with Gasteiger partial charge in [-0.2, -0.15) is 0 Å². The number of aromatic nitrogens is 1. The van der Waals surface area contributed by atoms with E-state index in [0.717, 1.165) is 53.9 Å². The number of pyridine rings is 1. The Hall–Kier alpha value is -1.85. The van der Waals surface area contributed by atoms with Crippen molar-refractivity contribution in [2.75, 3.05) is 33.8 Å². The molecule has 1 saturated heterocycles. The zero-order valence-electron chi connectivity index (χ0n) is 17.3. The molecular formula is C22H36N3O2+3. The summed E-state index contributed by atoms with van der Waals surface area (Å²) in [5, 5.41) is 11.9. The van der Waals surface area contributed by atoms with E-state index in [0.29, 0.717) is 11.8 Å². The van der Waals surface area contributed by atoms with Crippen LogP contribution in [0.1, 0.15) is 43.9 Å². The van der Waals surface area contributed by atoms with Crippen LogP contribution >= 0.6 is 0 Å². The maximum atomic E-state index is 11.0. The van der Waals surface area contributed by atoms with Crippen molar-refractivity contribution < 1.29 is 24.6 Å². The number of quaternary nitrogens is 2. The largest absolute Gasteiger partial charge is 0.506 e. The summed E-state index contributed by atoms with van der Waals surface area (Å²) >= 11 is 0. The lowest BCUT2D eigenvalue weighted by Crippen LogP contribution is -3.17. The molecule has 1 aliphatic rings. The Morgan fingerprint density at radius 3 is 2.74 bits per heavy atom. The number of hydrogen-bond acceptors (Lipinski definition) is 2. The topological polar surface area (TPSA) is 52.5 Å². The highest BCUT2D eigenvalue weighted by Gasteiger charge is 2.28. The predicted molar refractivity (Wildman–Crippen MR) is 108 cm³/mol. The van der Waals surface area contributed by atoms with Gasteiger partial charge in [0.15, 0.2) is 5.69 Å². The zero-order chi connectivity index (χ0) is 19.4. The van der Waals surface area contributed by atoms with E-state index in [-0.39, 0.29) is 0 Å². The summed E-state index contributed by atoms with van der Waals surface area (Å²) in [5.41, 5.74) is 3.03. The van der Waals surface area contributed by atoms with Crippen molar-refractivity contribution in [1.82, 2.24) is 0 Å². The lowest BCUT2D eigenvalue weighted by atomic mass is 10.0. The maximum Gasteiger partial charge on any atom is 0.215 e. The fraction of sp³-hybridized carbons (Fsp3) is 0.591. The van der Waals surface area contributed by atoms with E-state index < -0.39 is 0 Å². The minimum absolute atomic E-state index is 0.403. The van der Waals surface area contributed by atoms with E-state index in [1.807, 2.05) is 18.2 Å². The normalized spacial score (nSPS) is 21.3. The number of hydrogen-bond donors (Lipinski definition) is 3. The van der Waals surface area contributed by atoms with Crippen molar-refractivity contribution in [3.05, 3.63) is 29.5 Å². The molecule has 1 fully saturated rings. The van der Waals surface area contributed by atoms with Crippen LogP contribution in [-0.2, 0) is 6.54 Å². The van der Waals surface area contributed by atoms with Crippen molar-refractivity contribution in [2.24, 2.45) is 0 Å². The van der Waals surface area contributed by atoms with Crippen LogP contribution in [0.5, 0.6) is 11.5 Å². The summed E-state index contributed by atoms with van der Waals surface area (Å²) in [7, 11) is 4.54. The SMILES string of the molecule is CCCCOc1ccc2[nH+]c(C)c(C[NH+](C)C3CC[NH+](C)CC3)c(O)c2c1. The van der Waals surface area contributed by atoms with Crippen LogP contribution in [0.2, 0.25) is 0 Å². The van der Waals surface area contributed by atoms with Gasteiger partial charge in [0.25, 0.3) is 0 Å². The molecule has 4 N–H and O–H groups in total. The zero-order valence-corrected chi connectivity index (χ0v) is 17.3. The predicted octanol–water partition coefficient (Wildman–Crippen LogP) is 0.539. The smallest absolute Gasteiger partial charge is 0.215 e. The molecule has 0 spiro atoms. The molecule has 1 aromatic carbocycles. The molecule has 1 aromatic heterocycles. The average molecular weight is 375 g/mol. The Morgan fingerprint density at radius 2 is 2.04 bits per heavy atom. The van der Waals surface area contributed by atoms with Gasteiger partial charge in [0.1, 0.15) is 23.6 Å². The van der Waals surface area contributed by atoms with Crippen LogP contribution in [0, 0.1) is 6.92 Å². The minimum atomic E-state index is 0.403.